The number of alkyl halides is 3. The molecule has 1 N–H and O–H groups in total. The van der Waals surface area contributed by atoms with E-state index in [4.69, 9.17) is 11.6 Å². The van der Waals surface area contributed by atoms with Crippen LogP contribution < -0.4 is 0 Å². The Morgan fingerprint density at radius 1 is 1.19 bits per heavy atom. The van der Waals surface area contributed by atoms with Crippen LogP contribution in [0.15, 0.2) is 18.2 Å². The first-order chi connectivity index (χ1) is 9.77. The van der Waals surface area contributed by atoms with Gasteiger partial charge >= 0.3 is 6.18 Å². The summed E-state index contributed by atoms with van der Waals surface area (Å²) in [4.78, 5) is 0. The fourth-order valence-electron chi connectivity index (χ4n) is 2.91. The first-order valence-electron chi connectivity index (χ1n) is 6.96. The Bertz CT molecular complexity index is 481. The van der Waals surface area contributed by atoms with Crippen LogP contribution in [0.5, 0.6) is 0 Å². The van der Waals surface area contributed by atoms with Gasteiger partial charge in [0, 0.05) is 0 Å². The van der Waals surface area contributed by atoms with Crippen molar-refractivity contribution >= 4 is 11.6 Å². The van der Waals surface area contributed by atoms with Gasteiger partial charge in [0.1, 0.15) is 5.82 Å². The number of halogens is 5. The number of aliphatic hydroxyl groups excluding tert-OH is 1. The molecule has 0 aromatic heterocycles. The molecule has 0 bridgehead atoms. The van der Waals surface area contributed by atoms with Crippen LogP contribution in [0.25, 0.3) is 0 Å². The van der Waals surface area contributed by atoms with Crippen molar-refractivity contribution < 1.29 is 22.7 Å². The van der Waals surface area contributed by atoms with Gasteiger partial charge in [-0.2, -0.15) is 13.2 Å². The molecule has 1 aromatic carbocycles. The highest BCUT2D eigenvalue weighted by Crippen LogP contribution is 2.40. The molecule has 1 unspecified atom stereocenters. The van der Waals surface area contributed by atoms with Gasteiger partial charge in [-0.1, -0.05) is 17.7 Å². The van der Waals surface area contributed by atoms with Crippen molar-refractivity contribution in [3.05, 3.63) is 34.6 Å². The van der Waals surface area contributed by atoms with Gasteiger partial charge in [0.25, 0.3) is 0 Å². The predicted molar refractivity (Wildman–Crippen MR) is 72.6 cm³/mol. The van der Waals surface area contributed by atoms with E-state index in [1.807, 2.05) is 0 Å². The van der Waals surface area contributed by atoms with Gasteiger partial charge in [-0.3, -0.25) is 0 Å². The quantitative estimate of drug-likeness (QED) is 0.795. The number of aliphatic hydroxyl groups is 1. The third-order valence-corrected chi connectivity index (χ3v) is 4.51. The second-order valence-corrected chi connectivity index (χ2v) is 6.08. The minimum Gasteiger partial charge on any atom is -0.392 e. The second-order valence-electron chi connectivity index (χ2n) is 5.67. The zero-order chi connectivity index (χ0) is 15.6. The SMILES string of the molecule is OC(Cc1ccc(Cl)c(F)c1)C1CCC(C(F)(F)F)CC1. The average Bonchev–Trinajstić information content (AvgIpc) is 2.42. The molecule has 1 aliphatic carbocycles. The zero-order valence-electron chi connectivity index (χ0n) is 11.3. The third-order valence-electron chi connectivity index (χ3n) is 4.21. The van der Waals surface area contributed by atoms with E-state index in [1.165, 1.54) is 12.1 Å². The lowest BCUT2D eigenvalue weighted by molar-refractivity contribution is -0.185. The smallest absolute Gasteiger partial charge is 0.391 e. The van der Waals surface area contributed by atoms with E-state index in [9.17, 15) is 22.7 Å². The van der Waals surface area contributed by atoms with Crippen LogP contribution in [-0.4, -0.2) is 17.4 Å². The molecule has 0 radical (unpaired) electrons. The summed E-state index contributed by atoms with van der Waals surface area (Å²) in [5.74, 6) is -1.97. The molecular formula is C15H17ClF4O. The van der Waals surface area contributed by atoms with Crippen molar-refractivity contribution in [2.45, 2.75) is 44.4 Å². The summed E-state index contributed by atoms with van der Waals surface area (Å²) in [5, 5.41) is 10.2. The molecule has 2 rings (SSSR count). The summed E-state index contributed by atoms with van der Waals surface area (Å²) in [6, 6.07) is 4.29. The molecule has 21 heavy (non-hydrogen) atoms. The largest absolute Gasteiger partial charge is 0.392 e. The van der Waals surface area contributed by atoms with E-state index in [0.29, 0.717) is 18.4 Å². The highest BCUT2D eigenvalue weighted by Gasteiger charge is 2.42. The van der Waals surface area contributed by atoms with Gasteiger partial charge in [-0.15, -0.1) is 0 Å². The van der Waals surface area contributed by atoms with E-state index in [1.54, 1.807) is 6.07 Å². The average molecular weight is 325 g/mol. The van der Waals surface area contributed by atoms with Gasteiger partial charge in [0.2, 0.25) is 0 Å². The molecule has 0 heterocycles. The van der Waals surface area contributed by atoms with Crippen molar-refractivity contribution in [1.29, 1.82) is 0 Å². The lowest BCUT2D eigenvalue weighted by Crippen LogP contribution is -2.32. The van der Waals surface area contributed by atoms with Crippen LogP contribution in [0.4, 0.5) is 17.6 Å². The van der Waals surface area contributed by atoms with Crippen LogP contribution in [0, 0.1) is 17.7 Å². The van der Waals surface area contributed by atoms with E-state index < -0.39 is 24.0 Å². The highest BCUT2D eigenvalue weighted by molar-refractivity contribution is 6.30. The minimum atomic E-state index is -4.14. The first-order valence-corrected chi connectivity index (χ1v) is 7.34. The second kappa shape index (κ2) is 6.53. The van der Waals surface area contributed by atoms with Crippen molar-refractivity contribution in [1.82, 2.24) is 0 Å². The summed E-state index contributed by atoms with van der Waals surface area (Å²) in [5.41, 5.74) is 0.599. The van der Waals surface area contributed by atoms with E-state index in [-0.39, 0.29) is 30.2 Å². The summed E-state index contributed by atoms with van der Waals surface area (Å²) in [6.45, 7) is 0. The third kappa shape index (κ3) is 4.33. The minimum absolute atomic E-state index is 0.0129. The molecule has 0 spiro atoms. The topological polar surface area (TPSA) is 20.2 Å². The van der Waals surface area contributed by atoms with Gasteiger partial charge in [-0.25, -0.2) is 4.39 Å². The van der Waals surface area contributed by atoms with Gasteiger partial charge < -0.3 is 5.11 Å². The Hall–Kier alpha value is -0.810. The molecule has 118 valence electrons. The van der Waals surface area contributed by atoms with Crippen LogP contribution >= 0.6 is 11.6 Å². The number of benzene rings is 1. The molecule has 1 atom stereocenters. The maximum absolute atomic E-state index is 13.3. The standard InChI is InChI=1S/C15H17ClF4O/c16-12-6-1-9(7-13(12)17)8-14(21)10-2-4-11(5-3-10)15(18,19)20/h1,6-7,10-11,14,21H,2-5,8H2. The number of hydrogen-bond donors (Lipinski definition) is 1. The fourth-order valence-corrected chi connectivity index (χ4v) is 3.02. The van der Waals surface area contributed by atoms with Crippen molar-refractivity contribution in [3.8, 4) is 0 Å². The van der Waals surface area contributed by atoms with E-state index in [0.717, 1.165) is 0 Å². The van der Waals surface area contributed by atoms with E-state index in [2.05, 4.69) is 0 Å². The molecular weight excluding hydrogens is 308 g/mol. The zero-order valence-corrected chi connectivity index (χ0v) is 12.1. The molecule has 0 saturated heterocycles. The van der Waals surface area contributed by atoms with Crippen LogP contribution in [0.2, 0.25) is 5.02 Å². The molecule has 1 aromatic rings. The first kappa shape index (κ1) is 16.6. The Balaban J connectivity index is 1.90. The molecule has 1 saturated carbocycles. The summed E-state index contributed by atoms with van der Waals surface area (Å²) in [7, 11) is 0. The summed E-state index contributed by atoms with van der Waals surface area (Å²) >= 11 is 5.58. The Kier molecular flexibility index (Phi) is 5.15. The van der Waals surface area contributed by atoms with Crippen LogP contribution in [0.1, 0.15) is 31.2 Å². The molecule has 6 heteroatoms. The maximum atomic E-state index is 13.3. The van der Waals surface area contributed by atoms with Gasteiger partial charge in [0.15, 0.2) is 0 Å². The Morgan fingerprint density at radius 3 is 2.33 bits per heavy atom. The Morgan fingerprint density at radius 2 is 1.81 bits per heavy atom. The number of hydrogen-bond acceptors (Lipinski definition) is 1. The molecule has 0 aliphatic heterocycles. The summed E-state index contributed by atoms with van der Waals surface area (Å²) < 4.78 is 51.1. The van der Waals surface area contributed by atoms with E-state index >= 15 is 0 Å². The summed E-state index contributed by atoms with van der Waals surface area (Å²) in [6.07, 6.45) is -3.85. The molecule has 1 fully saturated rings. The fraction of sp³-hybridized carbons (Fsp3) is 0.600. The number of rotatable bonds is 3. The van der Waals surface area contributed by atoms with Crippen LogP contribution in [-0.2, 0) is 6.42 Å². The predicted octanol–water partition coefficient (Wildman–Crippen LogP) is 4.75. The van der Waals surface area contributed by atoms with Gasteiger partial charge in [0.05, 0.1) is 17.0 Å². The maximum Gasteiger partial charge on any atom is 0.391 e. The van der Waals surface area contributed by atoms with Gasteiger partial charge in [-0.05, 0) is 55.7 Å². The molecule has 0 amide bonds. The molecule has 1 nitrogen and oxygen atoms in total. The van der Waals surface area contributed by atoms with Crippen molar-refractivity contribution in [3.63, 3.8) is 0 Å². The van der Waals surface area contributed by atoms with Crippen LogP contribution in [0.3, 0.4) is 0 Å². The Labute approximate surface area is 125 Å². The lowest BCUT2D eigenvalue weighted by Gasteiger charge is -2.32. The van der Waals surface area contributed by atoms with Crippen molar-refractivity contribution in [2.24, 2.45) is 11.8 Å². The highest BCUT2D eigenvalue weighted by atomic mass is 35.5. The van der Waals surface area contributed by atoms with Crippen molar-refractivity contribution in [2.75, 3.05) is 0 Å². The lowest BCUT2D eigenvalue weighted by atomic mass is 9.78. The normalized spacial score (nSPS) is 24.9. The monoisotopic (exact) mass is 324 g/mol. The molecule has 1 aliphatic rings.